The first-order valence-corrected chi connectivity index (χ1v) is 9.05. The summed E-state index contributed by atoms with van der Waals surface area (Å²) >= 11 is 6.09. The Hall–Kier alpha value is -3.66. The van der Waals surface area contributed by atoms with Crippen molar-refractivity contribution in [3.8, 4) is 17.1 Å². The van der Waals surface area contributed by atoms with Gasteiger partial charge in [0.2, 0.25) is 11.7 Å². The van der Waals surface area contributed by atoms with Crippen LogP contribution in [0.25, 0.3) is 17.1 Å². The van der Waals surface area contributed by atoms with Gasteiger partial charge in [-0.25, -0.2) is 0 Å². The number of aryl methyl sites for hydroxylation is 2. The molecule has 10 nitrogen and oxygen atoms in total. The number of aromatic nitrogens is 8. The number of amides is 1. The van der Waals surface area contributed by atoms with E-state index >= 15 is 0 Å². The lowest BCUT2D eigenvalue weighted by Gasteiger charge is -2.07. The number of carbonyl (C=O) groups is 1. The highest BCUT2D eigenvalue weighted by Gasteiger charge is 2.15. The van der Waals surface area contributed by atoms with Gasteiger partial charge in [0.1, 0.15) is 12.9 Å². The summed E-state index contributed by atoms with van der Waals surface area (Å²) in [5.41, 5.74) is 3.98. The minimum atomic E-state index is -0.293. The Morgan fingerprint density at radius 3 is 2.76 bits per heavy atom. The van der Waals surface area contributed by atoms with Gasteiger partial charge in [-0.05, 0) is 64.9 Å². The van der Waals surface area contributed by atoms with Crippen LogP contribution in [0.1, 0.15) is 11.1 Å². The Labute approximate surface area is 170 Å². The highest BCUT2D eigenvalue weighted by molar-refractivity contribution is 6.31. The van der Waals surface area contributed by atoms with Crippen molar-refractivity contribution < 1.29 is 4.79 Å². The van der Waals surface area contributed by atoms with E-state index in [9.17, 15) is 4.79 Å². The highest BCUT2D eigenvalue weighted by Crippen LogP contribution is 2.24. The van der Waals surface area contributed by atoms with Gasteiger partial charge in [-0.3, -0.25) is 4.79 Å². The molecular weight excluding hydrogens is 394 g/mol. The molecule has 0 spiro atoms. The largest absolute Gasteiger partial charge is 0.324 e. The van der Waals surface area contributed by atoms with E-state index < -0.39 is 0 Å². The molecule has 0 aliphatic carbocycles. The van der Waals surface area contributed by atoms with E-state index in [-0.39, 0.29) is 12.5 Å². The van der Waals surface area contributed by atoms with Crippen molar-refractivity contribution >= 4 is 23.2 Å². The molecule has 2 aromatic heterocycles. The first-order valence-electron chi connectivity index (χ1n) is 8.68. The van der Waals surface area contributed by atoms with E-state index in [0.29, 0.717) is 27.8 Å². The molecular formula is C18H16ClN9O. The fraction of sp³-hybridized carbons (Fsp3) is 0.167. The third-order valence-electron chi connectivity index (χ3n) is 4.18. The summed E-state index contributed by atoms with van der Waals surface area (Å²) in [6.45, 7) is 3.76. The quantitative estimate of drug-likeness (QED) is 0.537. The van der Waals surface area contributed by atoms with Crippen molar-refractivity contribution in [3.05, 3.63) is 58.9 Å². The minimum absolute atomic E-state index is 0.0927. The Kier molecular flexibility index (Phi) is 5.00. The molecule has 2 aromatic carbocycles. The number of anilines is 1. The smallest absolute Gasteiger partial charge is 0.248 e. The topological polar surface area (TPSA) is 116 Å². The maximum Gasteiger partial charge on any atom is 0.248 e. The Morgan fingerprint density at radius 1 is 1.14 bits per heavy atom. The molecule has 1 amide bonds. The molecule has 11 heteroatoms. The molecule has 0 saturated carbocycles. The summed E-state index contributed by atoms with van der Waals surface area (Å²) in [7, 11) is 0. The van der Waals surface area contributed by atoms with E-state index in [1.165, 1.54) is 15.8 Å². The normalized spacial score (nSPS) is 10.9. The molecule has 4 rings (SSSR count). The number of hydrogen-bond donors (Lipinski definition) is 1. The van der Waals surface area contributed by atoms with Gasteiger partial charge in [-0.2, -0.15) is 9.48 Å². The van der Waals surface area contributed by atoms with Crippen molar-refractivity contribution in [2.24, 2.45) is 0 Å². The summed E-state index contributed by atoms with van der Waals surface area (Å²) in [4.78, 5) is 13.5. The van der Waals surface area contributed by atoms with Crippen molar-refractivity contribution in [2.45, 2.75) is 20.4 Å². The van der Waals surface area contributed by atoms with E-state index in [0.717, 1.165) is 11.1 Å². The van der Waals surface area contributed by atoms with Crippen LogP contribution in [0.15, 0.2) is 42.7 Å². The third kappa shape index (κ3) is 4.11. The molecule has 0 atom stereocenters. The molecule has 0 saturated heterocycles. The van der Waals surface area contributed by atoms with Crippen LogP contribution in [0.2, 0.25) is 5.02 Å². The highest BCUT2D eigenvalue weighted by atomic mass is 35.5. The molecule has 0 fully saturated rings. The van der Waals surface area contributed by atoms with Gasteiger partial charge in [0.15, 0.2) is 0 Å². The second-order valence-electron chi connectivity index (χ2n) is 6.43. The van der Waals surface area contributed by atoms with Gasteiger partial charge >= 0.3 is 0 Å². The summed E-state index contributed by atoms with van der Waals surface area (Å²) in [6.07, 6.45) is 1.49. The van der Waals surface area contributed by atoms with Crippen molar-refractivity contribution in [1.82, 2.24) is 40.4 Å². The molecule has 0 unspecified atom stereocenters. The van der Waals surface area contributed by atoms with Crippen LogP contribution < -0.4 is 5.32 Å². The number of carbonyl (C=O) groups excluding carboxylic acids is 1. The molecule has 0 bridgehead atoms. The number of nitrogens with zero attached hydrogens (tertiary/aromatic N) is 8. The number of nitrogens with one attached hydrogen (secondary N) is 1. The second-order valence-corrected chi connectivity index (χ2v) is 6.84. The molecule has 146 valence electrons. The van der Waals surface area contributed by atoms with E-state index in [4.69, 9.17) is 11.6 Å². The number of rotatable bonds is 5. The fourth-order valence-electron chi connectivity index (χ4n) is 2.71. The Morgan fingerprint density at radius 2 is 2.00 bits per heavy atom. The maximum atomic E-state index is 12.3. The van der Waals surface area contributed by atoms with Crippen molar-refractivity contribution in [2.75, 3.05) is 5.32 Å². The maximum absolute atomic E-state index is 12.3. The molecule has 0 radical (unpaired) electrons. The lowest BCUT2D eigenvalue weighted by molar-refractivity contribution is -0.117. The van der Waals surface area contributed by atoms with Crippen LogP contribution in [-0.2, 0) is 11.3 Å². The number of hydrogen-bond acceptors (Lipinski definition) is 7. The summed E-state index contributed by atoms with van der Waals surface area (Å²) in [5.74, 6) is 0.0696. The van der Waals surface area contributed by atoms with Gasteiger partial charge in [0, 0.05) is 16.3 Å². The van der Waals surface area contributed by atoms with Gasteiger partial charge < -0.3 is 5.32 Å². The molecule has 0 aliphatic heterocycles. The van der Waals surface area contributed by atoms with Crippen LogP contribution in [0.5, 0.6) is 0 Å². The van der Waals surface area contributed by atoms with Crippen LogP contribution in [0.3, 0.4) is 0 Å². The number of halogens is 1. The Balaban J connectivity index is 1.53. The Bertz CT molecular complexity index is 1170. The average molecular weight is 410 g/mol. The SMILES string of the molecule is Cc1ccc(-c2nnn(CC(=O)Nc3ccc(C)c(Cl)c3)n2)c(-n2cnnn2)c1. The average Bonchev–Trinajstić information content (AvgIpc) is 3.37. The zero-order chi connectivity index (χ0) is 20.4. The molecule has 29 heavy (non-hydrogen) atoms. The van der Waals surface area contributed by atoms with Crippen LogP contribution in [0, 0.1) is 13.8 Å². The fourth-order valence-corrected chi connectivity index (χ4v) is 2.89. The van der Waals surface area contributed by atoms with Gasteiger partial charge in [0.05, 0.1) is 5.69 Å². The zero-order valence-corrected chi connectivity index (χ0v) is 16.4. The van der Waals surface area contributed by atoms with E-state index in [2.05, 4.69) is 36.3 Å². The number of tetrazole rings is 2. The summed E-state index contributed by atoms with van der Waals surface area (Å²) in [5, 5.41) is 27.0. The van der Waals surface area contributed by atoms with Gasteiger partial charge in [-0.15, -0.1) is 15.3 Å². The molecule has 2 heterocycles. The predicted molar refractivity (Wildman–Crippen MR) is 106 cm³/mol. The molecule has 1 N–H and O–H groups in total. The van der Waals surface area contributed by atoms with Crippen molar-refractivity contribution in [3.63, 3.8) is 0 Å². The van der Waals surface area contributed by atoms with Crippen LogP contribution in [-0.4, -0.2) is 46.3 Å². The summed E-state index contributed by atoms with van der Waals surface area (Å²) in [6, 6.07) is 11.0. The van der Waals surface area contributed by atoms with Crippen LogP contribution in [0.4, 0.5) is 5.69 Å². The first-order chi connectivity index (χ1) is 14.0. The van der Waals surface area contributed by atoms with Gasteiger partial charge in [0.25, 0.3) is 0 Å². The summed E-state index contributed by atoms with van der Waals surface area (Å²) < 4.78 is 1.52. The lowest BCUT2D eigenvalue weighted by atomic mass is 10.1. The first kappa shape index (κ1) is 18.7. The minimum Gasteiger partial charge on any atom is -0.324 e. The van der Waals surface area contributed by atoms with E-state index in [1.807, 2.05) is 38.1 Å². The predicted octanol–water partition coefficient (Wildman–Crippen LogP) is 2.22. The molecule has 0 aliphatic rings. The van der Waals surface area contributed by atoms with E-state index in [1.54, 1.807) is 12.1 Å². The monoisotopic (exact) mass is 409 g/mol. The standard InChI is InChI=1S/C18H16ClN9O/c1-11-3-6-14(16(7-11)27-10-20-24-26-27)18-22-25-28(23-18)9-17(29)21-13-5-4-12(2)15(19)8-13/h3-8,10H,9H2,1-2H3,(H,21,29). The van der Waals surface area contributed by atoms with Crippen LogP contribution >= 0.6 is 11.6 Å². The second kappa shape index (κ2) is 7.76. The van der Waals surface area contributed by atoms with Crippen molar-refractivity contribution in [1.29, 1.82) is 0 Å². The third-order valence-corrected chi connectivity index (χ3v) is 4.59. The lowest BCUT2D eigenvalue weighted by Crippen LogP contribution is -2.20. The van der Waals surface area contributed by atoms with Gasteiger partial charge in [-0.1, -0.05) is 23.7 Å². The molecule has 4 aromatic rings. The zero-order valence-electron chi connectivity index (χ0n) is 15.6. The number of benzene rings is 2.